The zero-order valence-corrected chi connectivity index (χ0v) is 15.3. The minimum Gasteiger partial charge on any atom is -0.337 e. The molecule has 1 fully saturated rings. The van der Waals surface area contributed by atoms with Gasteiger partial charge in [-0.25, -0.2) is 4.39 Å². The van der Waals surface area contributed by atoms with Gasteiger partial charge in [0.05, 0.1) is 6.04 Å². The largest absolute Gasteiger partial charge is 0.337 e. The van der Waals surface area contributed by atoms with Crippen LogP contribution in [0.25, 0.3) is 0 Å². The third kappa shape index (κ3) is 3.44. The van der Waals surface area contributed by atoms with Crippen LogP contribution < -0.4 is 4.90 Å². The van der Waals surface area contributed by atoms with Crippen molar-refractivity contribution in [3.05, 3.63) is 52.0 Å². The van der Waals surface area contributed by atoms with Gasteiger partial charge in [0.2, 0.25) is 11.8 Å². The van der Waals surface area contributed by atoms with E-state index in [9.17, 15) is 14.0 Å². The molecule has 3 rings (SSSR count). The number of benzene rings is 1. The topological polar surface area (TPSA) is 40.6 Å². The number of anilines is 1. The number of halogens is 1. The lowest BCUT2D eigenvalue weighted by molar-refractivity contribution is -0.140. The minimum atomic E-state index is -0.668. The van der Waals surface area contributed by atoms with Crippen molar-refractivity contribution in [2.75, 3.05) is 18.5 Å². The highest BCUT2D eigenvalue weighted by atomic mass is 32.1. The van der Waals surface area contributed by atoms with Gasteiger partial charge in [-0.1, -0.05) is 0 Å². The molecule has 2 heterocycles. The van der Waals surface area contributed by atoms with Crippen LogP contribution in [0.5, 0.6) is 0 Å². The molecular formula is C19H21FN2O2S. The molecule has 1 aliphatic heterocycles. The molecule has 0 saturated carbocycles. The van der Waals surface area contributed by atoms with Gasteiger partial charge >= 0.3 is 0 Å². The summed E-state index contributed by atoms with van der Waals surface area (Å²) in [5, 5.41) is 0. The first-order valence-corrected chi connectivity index (χ1v) is 9.10. The molecule has 2 aromatic rings. The second kappa shape index (κ2) is 6.96. The van der Waals surface area contributed by atoms with Crippen LogP contribution in [-0.4, -0.2) is 30.3 Å². The first-order chi connectivity index (χ1) is 11.9. The summed E-state index contributed by atoms with van der Waals surface area (Å²) < 4.78 is 13.1. The fourth-order valence-corrected chi connectivity index (χ4v) is 4.06. The number of thiophene rings is 1. The first-order valence-electron chi connectivity index (χ1n) is 8.28. The molecule has 1 saturated heterocycles. The lowest BCUT2D eigenvalue weighted by Gasteiger charge is -2.26. The quantitative estimate of drug-likeness (QED) is 0.779. The Labute approximate surface area is 150 Å². The molecular weight excluding hydrogens is 339 g/mol. The first kappa shape index (κ1) is 17.6. The summed E-state index contributed by atoms with van der Waals surface area (Å²) in [5.74, 6) is -1.38. The van der Waals surface area contributed by atoms with E-state index in [0.717, 1.165) is 4.88 Å². The van der Waals surface area contributed by atoms with Gasteiger partial charge in [0, 0.05) is 29.0 Å². The second-order valence-electron chi connectivity index (χ2n) is 6.38. The van der Waals surface area contributed by atoms with Crippen molar-refractivity contribution < 1.29 is 14.0 Å². The average molecular weight is 360 g/mol. The van der Waals surface area contributed by atoms with Crippen LogP contribution in [-0.2, 0) is 9.59 Å². The number of aryl methyl sites for hydroxylation is 1. The molecule has 0 unspecified atom stereocenters. The molecule has 0 bridgehead atoms. The SMILES string of the molecule is Cc1ccc([C@@H](C)N(C)C(=O)[C@@H]2CCN(c3ccc(F)cc3)C2=O)s1. The predicted molar refractivity (Wildman–Crippen MR) is 97.1 cm³/mol. The molecule has 0 N–H and O–H groups in total. The van der Waals surface area contributed by atoms with Crippen molar-refractivity contribution in [2.24, 2.45) is 5.92 Å². The van der Waals surface area contributed by atoms with Crippen molar-refractivity contribution >= 4 is 28.8 Å². The summed E-state index contributed by atoms with van der Waals surface area (Å²) >= 11 is 1.66. The van der Waals surface area contributed by atoms with E-state index in [1.165, 1.54) is 17.0 Å². The maximum atomic E-state index is 13.1. The molecule has 4 nitrogen and oxygen atoms in total. The Hall–Kier alpha value is -2.21. The molecule has 6 heteroatoms. The maximum absolute atomic E-state index is 13.1. The van der Waals surface area contributed by atoms with Crippen molar-refractivity contribution in [3.8, 4) is 0 Å². The Morgan fingerprint density at radius 1 is 1.28 bits per heavy atom. The number of hydrogen-bond donors (Lipinski definition) is 0. The van der Waals surface area contributed by atoms with Crippen LogP contribution in [0.1, 0.15) is 29.1 Å². The number of carbonyl (C=O) groups is 2. The molecule has 1 aliphatic rings. The zero-order chi connectivity index (χ0) is 18.1. The molecule has 0 radical (unpaired) electrons. The summed E-state index contributed by atoms with van der Waals surface area (Å²) in [6, 6.07) is 9.78. The monoisotopic (exact) mass is 360 g/mol. The normalized spacial score (nSPS) is 18.5. The predicted octanol–water partition coefficient (Wildman–Crippen LogP) is 3.77. The lowest BCUT2D eigenvalue weighted by Crippen LogP contribution is -2.39. The van der Waals surface area contributed by atoms with E-state index in [1.54, 1.807) is 40.3 Å². The molecule has 1 aromatic heterocycles. The van der Waals surface area contributed by atoms with E-state index in [1.807, 2.05) is 26.0 Å². The average Bonchev–Trinajstić information content (AvgIpc) is 3.20. The Kier molecular flexibility index (Phi) is 4.90. The Balaban J connectivity index is 1.72. The van der Waals surface area contributed by atoms with E-state index in [-0.39, 0.29) is 23.7 Å². The van der Waals surface area contributed by atoms with E-state index < -0.39 is 5.92 Å². The van der Waals surface area contributed by atoms with Crippen LogP contribution >= 0.6 is 11.3 Å². The van der Waals surface area contributed by atoms with Crippen LogP contribution in [0, 0.1) is 18.7 Å². The number of hydrogen-bond acceptors (Lipinski definition) is 3. The van der Waals surface area contributed by atoms with E-state index in [4.69, 9.17) is 0 Å². The standard InChI is InChI=1S/C19H21FN2O2S/c1-12-4-9-17(25-12)13(2)21(3)18(23)16-10-11-22(19(16)24)15-7-5-14(20)6-8-15/h4-9,13,16H,10-11H2,1-3H3/t13-,16+/m1/s1. The van der Waals surface area contributed by atoms with Crippen molar-refractivity contribution in [1.29, 1.82) is 0 Å². The number of carbonyl (C=O) groups excluding carboxylic acids is 2. The van der Waals surface area contributed by atoms with Crippen LogP contribution in [0.2, 0.25) is 0 Å². The minimum absolute atomic E-state index is 0.0705. The molecule has 2 amide bonds. The van der Waals surface area contributed by atoms with Gasteiger partial charge in [0.1, 0.15) is 11.7 Å². The number of nitrogens with zero attached hydrogens (tertiary/aromatic N) is 2. The van der Waals surface area contributed by atoms with Crippen molar-refractivity contribution in [2.45, 2.75) is 26.3 Å². The summed E-state index contributed by atoms with van der Waals surface area (Å²) in [5.41, 5.74) is 0.631. The molecule has 2 atom stereocenters. The highest BCUT2D eigenvalue weighted by Gasteiger charge is 2.40. The van der Waals surface area contributed by atoms with E-state index >= 15 is 0 Å². The summed E-state index contributed by atoms with van der Waals surface area (Å²) in [6.07, 6.45) is 0.482. The number of rotatable bonds is 4. The van der Waals surface area contributed by atoms with Gasteiger partial charge in [-0.2, -0.15) is 0 Å². The van der Waals surface area contributed by atoms with Crippen LogP contribution in [0.3, 0.4) is 0 Å². The summed E-state index contributed by atoms with van der Waals surface area (Å²) in [7, 11) is 1.75. The van der Waals surface area contributed by atoms with Gasteiger partial charge in [0.25, 0.3) is 0 Å². The Bertz CT molecular complexity index is 787. The third-order valence-electron chi connectivity index (χ3n) is 4.74. The maximum Gasteiger partial charge on any atom is 0.239 e. The van der Waals surface area contributed by atoms with Gasteiger partial charge in [-0.15, -0.1) is 11.3 Å². The molecule has 0 aliphatic carbocycles. The van der Waals surface area contributed by atoms with E-state index in [0.29, 0.717) is 18.7 Å². The van der Waals surface area contributed by atoms with Crippen LogP contribution in [0.15, 0.2) is 36.4 Å². The molecule has 0 spiro atoms. The van der Waals surface area contributed by atoms with Gasteiger partial charge in [-0.3, -0.25) is 9.59 Å². The lowest BCUT2D eigenvalue weighted by atomic mass is 10.1. The Morgan fingerprint density at radius 3 is 2.56 bits per heavy atom. The summed E-state index contributed by atoms with van der Waals surface area (Å²) in [6.45, 7) is 4.48. The summed E-state index contributed by atoms with van der Waals surface area (Å²) in [4.78, 5) is 31.0. The van der Waals surface area contributed by atoms with Crippen molar-refractivity contribution in [3.63, 3.8) is 0 Å². The molecule has 132 valence electrons. The van der Waals surface area contributed by atoms with Gasteiger partial charge < -0.3 is 9.80 Å². The fraction of sp³-hybridized carbons (Fsp3) is 0.368. The second-order valence-corrected chi connectivity index (χ2v) is 7.70. The van der Waals surface area contributed by atoms with Gasteiger partial charge in [-0.05, 0) is 56.7 Å². The smallest absolute Gasteiger partial charge is 0.239 e. The molecule has 1 aromatic carbocycles. The zero-order valence-electron chi connectivity index (χ0n) is 14.5. The molecule has 25 heavy (non-hydrogen) atoms. The number of amides is 2. The van der Waals surface area contributed by atoms with Gasteiger partial charge in [0.15, 0.2) is 0 Å². The highest BCUT2D eigenvalue weighted by molar-refractivity contribution is 7.12. The third-order valence-corrected chi connectivity index (χ3v) is 5.91. The Morgan fingerprint density at radius 2 is 1.96 bits per heavy atom. The van der Waals surface area contributed by atoms with Crippen LogP contribution in [0.4, 0.5) is 10.1 Å². The van der Waals surface area contributed by atoms with Crippen molar-refractivity contribution in [1.82, 2.24) is 4.90 Å². The highest BCUT2D eigenvalue weighted by Crippen LogP contribution is 2.31. The van der Waals surface area contributed by atoms with E-state index in [2.05, 4.69) is 0 Å². The fourth-order valence-electron chi connectivity index (χ4n) is 3.09.